The maximum atomic E-state index is 14.3. The summed E-state index contributed by atoms with van der Waals surface area (Å²) >= 11 is 1.51. The minimum atomic E-state index is -3.92. The Morgan fingerprint density at radius 3 is 2.81 bits per heavy atom. The Balaban J connectivity index is 1.62. The number of rotatable bonds is 3. The smallest absolute Gasteiger partial charge is 0.264 e. The Kier molecular flexibility index (Phi) is 4.71. The number of hydrogen-bond donors (Lipinski definition) is 0. The third-order valence-electron chi connectivity index (χ3n) is 4.99. The van der Waals surface area contributed by atoms with Crippen LogP contribution in [0.1, 0.15) is 5.89 Å². The summed E-state index contributed by atoms with van der Waals surface area (Å²) in [7, 11) is -3.92. The van der Waals surface area contributed by atoms with Crippen molar-refractivity contribution in [3.05, 3.63) is 66.3 Å². The summed E-state index contributed by atoms with van der Waals surface area (Å²) in [6.45, 7) is 1.93. The van der Waals surface area contributed by atoms with Gasteiger partial charge in [-0.2, -0.15) is 4.39 Å². The first-order valence-electron chi connectivity index (χ1n) is 9.32. The lowest BCUT2D eigenvalue weighted by atomic mass is 10.1. The normalized spacial score (nSPS) is 14.1. The lowest BCUT2D eigenvalue weighted by molar-refractivity contribution is 0.482. The Morgan fingerprint density at radius 1 is 1.13 bits per heavy atom. The second-order valence-electron chi connectivity index (χ2n) is 6.93. The third-order valence-corrected chi connectivity index (χ3v) is 7.84. The summed E-state index contributed by atoms with van der Waals surface area (Å²) in [5.41, 5.74) is 1.75. The van der Waals surface area contributed by atoms with Crippen LogP contribution in [0.25, 0.3) is 22.2 Å². The monoisotopic (exact) mass is 459 g/mol. The Morgan fingerprint density at radius 2 is 1.97 bits per heavy atom. The molecule has 0 amide bonds. The molecule has 0 atom stereocenters. The molecule has 4 aromatic rings. The molecule has 0 saturated carbocycles. The average molecular weight is 459 g/mol. The van der Waals surface area contributed by atoms with Gasteiger partial charge < -0.3 is 4.42 Å². The molecule has 2 aromatic carbocycles. The van der Waals surface area contributed by atoms with Crippen LogP contribution in [0.2, 0.25) is 0 Å². The first kappa shape index (κ1) is 20.0. The van der Waals surface area contributed by atoms with Crippen molar-refractivity contribution >= 4 is 38.6 Å². The molecule has 0 unspecified atom stereocenters. The summed E-state index contributed by atoms with van der Waals surface area (Å²) in [4.78, 5) is 8.31. The molecule has 0 radical (unpaired) electrons. The van der Waals surface area contributed by atoms with E-state index in [-0.39, 0.29) is 17.0 Å². The number of oxazole rings is 1. The summed E-state index contributed by atoms with van der Waals surface area (Å²) < 4.78 is 61.6. The zero-order valence-corrected chi connectivity index (χ0v) is 17.8. The number of fused-ring (bicyclic) bond motifs is 2. The van der Waals surface area contributed by atoms with Gasteiger partial charge in [-0.3, -0.25) is 4.31 Å². The lowest BCUT2D eigenvalue weighted by Gasteiger charge is -2.30. The first-order valence-corrected chi connectivity index (χ1v) is 11.7. The molecule has 0 saturated heterocycles. The zero-order chi connectivity index (χ0) is 21.8. The topological polar surface area (TPSA) is 76.3 Å². The molecular formula is C21H15F2N3O3S2. The molecule has 0 N–H and O–H groups in total. The number of pyridine rings is 1. The standard InChI is InChI=1S/C21H15F2N3O3S2/c1-12-25-16-4-3-14(11-18(16)29-12)31(27,28)26-8-9-30-19-5-2-13(10-17(19)26)15-6-7-24-21(23)20(15)22/h2-7,10-11H,8-9H2,1H3. The van der Waals surface area contributed by atoms with Crippen LogP contribution in [0.5, 0.6) is 0 Å². The van der Waals surface area contributed by atoms with E-state index in [1.165, 1.54) is 40.5 Å². The van der Waals surface area contributed by atoms with E-state index < -0.39 is 21.8 Å². The fourth-order valence-corrected chi connectivity index (χ4v) is 6.20. The number of benzene rings is 2. The van der Waals surface area contributed by atoms with Crippen LogP contribution >= 0.6 is 11.8 Å². The van der Waals surface area contributed by atoms with Gasteiger partial charge in [-0.25, -0.2) is 22.8 Å². The minimum Gasteiger partial charge on any atom is -0.441 e. The first-order chi connectivity index (χ1) is 14.8. The molecule has 0 aliphatic carbocycles. The van der Waals surface area contributed by atoms with E-state index in [0.29, 0.717) is 34.0 Å². The quantitative estimate of drug-likeness (QED) is 0.411. The van der Waals surface area contributed by atoms with Crippen LogP contribution in [0.15, 0.2) is 62.9 Å². The van der Waals surface area contributed by atoms with Crippen molar-refractivity contribution in [2.75, 3.05) is 16.6 Å². The highest BCUT2D eigenvalue weighted by Crippen LogP contribution is 2.41. The predicted octanol–water partition coefficient (Wildman–Crippen LogP) is 4.78. The van der Waals surface area contributed by atoms with Crippen LogP contribution in [0, 0.1) is 18.7 Å². The van der Waals surface area contributed by atoms with Gasteiger partial charge in [-0.05, 0) is 35.9 Å². The fraction of sp³-hybridized carbons (Fsp3) is 0.143. The van der Waals surface area contributed by atoms with Crippen molar-refractivity contribution in [1.29, 1.82) is 0 Å². The summed E-state index contributed by atoms with van der Waals surface area (Å²) in [5, 5.41) is 0. The number of nitrogens with zero attached hydrogens (tertiary/aromatic N) is 3. The molecule has 0 fully saturated rings. The van der Waals surface area contributed by atoms with Crippen molar-refractivity contribution in [3.63, 3.8) is 0 Å². The summed E-state index contributed by atoms with van der Waals surface area (Å²) in [6, 6.07) is 10.8. The third kappa shape index (κ3) is 3.35. The van der Waals surface area contributed by atoms with Gasteiger partial charge in [0.2, 0.25) is 5.95 Å². The molecular weight excluding hydrogens is 444 g/mol. The molecule has 6 nitrogen and oxygen atoms in total. The highest BCUT2D eigenvalue weighted by atomic mass is 32.2. The van der Waals surface area contributed by atoms with E-state index in [2.05, 4.69) is 9.97 Å². The average Bonchev–Trinajstić information content (AvgIpc) is 3.14. The van der Waals surface area contributed by atoms with E-state index in [1.807, 2.05) is 0 Å². The van der Waals surface area contributed by atoms with Gasteiger partial charge >= 0.3 is 0 Å². The van der Waals surface area contributed by atoms with Crippen LogP contribution < -0.4 is 4.31 Å². The molecule has 31 heavy (non-hydrogen) atoms. The van der Waals surface area contributed by atoms with Gasteiger partial charge in [0.15, 0.2) is 17.3 Å². The molecule has 158 valence electrons. The van der Waals surface area contributed by atoms with Crippen LogP contribution in [0.3, 0.4) is 0 Å². The highest BCUT2D eigenvalue weighted by Gasteiger charge is 2.30. The maximum Gasteiger partial charge on any atom is 0.264 e. The Hall–Kier alpha value is -2.98. The number of sulfonamides is 1. The van der Waals surface area contributed by atoms with Gasteiger partial charge in [0.25, 0.3) is 10.0 Å². The summed E-state index contributed by atoms with van der Waals surface area (Å²) in [6.07, 6.45) is 1.17. The number of halogens is 2. The van der Waals surface area contributed by atoms with E-state index in [9.17, 15) is 17.2 Å². The molecule has 10 heteroatoms. The molecule has 1 aliphatic rings. The number of hydrogen-bond acceptors (Lipinski definition) is 6. The number of aryl methyl sites for hydroxylation is 1. The predicted molar refractivity (Wildman–Crippen MR) is 114 cm³/mol. The Labute approximate surface area is 181 Å². The van der Waals surface area contributed by atoms with E-state index in [4.69, 9.17) is 4.42 Å². The Bertz CT molecular complexity index is 1440. The van der Waals surface area contributed by atoms with Crippen molar-refractivity contribution in [2.24, 2.45) is 0 Å². The zero-order valence-electron chi connectivity index (χ0n) is 16.2. The minimum absolute atomic E-state index is 0.0155. The highest BCUT2D eigenvalue weighted by molar-refractivity contribution is 8.00. The van der Waals surface area contributed by atoms with Crippen molar-refractivity contribution in [2.45, 2.75) is 16.7 Å². The lowest BCUT2D eigenvalue weighted by Crippen LogP contribution is -2.35. The number of aromatic nitrogens is 2. The fourth-order valence-electron chi connectivity index (χ4n) is 3.56. The van der Waals surface area contributed by atoms with Crippen LogP contribution in [0.4, 0.5) is 14.5 Å². The molecule has 0 spiro atoms. The SMILES string of the molecule is Cc1nc2ccc(S(=O)(=O)N3CCSc4ccc(-c5ccnc(F)c5F)cc43)cc2o1. The van der Waals surface area contributed by atoms with Gasteiger partial charge in [0, 0.05) is 41.9 Å². The maximum absolute atomic E-state index is 14.3. The molecule has 5 rings (SSSR count). The van der Waals surface area contributed by atoms with Crippen molar-refractivity contribution < 1.29 is 21.6 Å². The second kappa shape index (κ2) is 7.31. The van der Waals surface area contributed by atoms with E-state index in [0.717, 1.165) is 4.90 Å². The van der Waals surface area contributed by atoms with E-state index >= 15 is 0 Å². The largest absolute Gasteiger partial charge is 0.441 e. The molecule has 0 bridgehead atoms. The van der Waals surface area contributed by atoms with E-state index in [1.54, 1.807) is 31.2 Å². The van der Waals surface area contributed by atoms with Crippen molar-refractivity contribution in [3.8, 4) is 11.1 Å². The molecule has 1 aliphatic heterocycles. The van der Waals surface area contributed by atoms with Gasteiger partial charge in [0.1, 0.15) is 5.52 Å². The van der Waals surface area contributed by atoms with Gasteiger partial charge in [0.05, 0.1) is 10.6 Å². The van der Waals surface area contributed by atoms with Crippen LogP contribution in [-0.2, 0) is 10.0 Å². The van der Waals surface area contributed by atoms with Gasteiger partial charge in [-0.15, -0.1) is 11.8 Å². The summed E-state index contributed by atoms with van der Waals surface area (Å²) in [5.74, 6) is -1.27. The number of thioether (sulfide) groups is 1. The van der Waals surface area contributed by atoms with Crippen LogP contribution in [-0.4, -0.2) is 30.7 Å². The number of anilines is 1. The second-order valence-corrected chi connectivity index (χ2v) is 9.93. The van der Waals surface area contributed by atoms with Gasteiger partial charge in [-0.1, -0.05) is 6.07 Å². The molecule has 2 aromatic heterocycles. The van der Waals surface area contributed by atoms with Crippen molar-refractivity contribution in [1.82, 2.24) is 9.97 Å². The molecule has 3 heterocycles.